The van der Waals surface area contributed by atoms with Gasteiger partial charge in [0.05, 0.1) is 17.3 Å². The van der Waals surface area contributed by atoms with Crippen LogP contribution in [0.15, 0.2) is 23.7 Å². The third-order valence-corrected chi connectivity index (χ3v) is 10.3. The summed E-state index contributed by atoms with van der Waals surface area (Å²) >= 11 is 1.56. The van der Waals surface area contributed by atoms with E-state index in [4.69, 9.17) is 0 Å². The van der Waals surface area contributed by atoms with Gasteiger partial charge in [-0.15, -0.1) is 11.3 Å². The zero-order chi connectivity index (χ0) is 14.3. The number of rotatable bonds is 3. The Hall–Kier alpha value is -0.913. The van der Waals surface area contributed by atoms with Gasteiger partial charge in [0.1, 0.15) is 14.2 Å². The molecule has 1 atom stereocenters. The number of thiophene rings is 1. The van der Waals surface area contributed by atoms with E-state index in [0.717, 1.165) is 16.0 Å². The summed E-state index contributed by atoms with van der Waals surface area (Å²) in [5.41, 5.74) is 1.85. The Morgan fingerprint density at radius 2 is 2.05 bits per heavy atom. The molecule has 2 aromatic rings. The van der Waals surface area contributed by atoms with Gasteiger partial charge >= 0.3 is 0 Å². The highest BCUT2D eigenvalue weighted by atomic mass is 32.1. The van der Waals surface area contributed by atoms with Crippen LogP contribution < -0.4 is 5.45 Å². The van der Waals surface area contributed by atoms with Crippen molar-refractivity contribution < 1.29 is 5.11 Å². The second kappa shape index (κ2) is 4.88. The van der Waals surface area contributed by atoms with Crippen LogP contribution in [0.1, 0.15) is 37.4 Å². The van der Waals surface area contributed by atoms with Crippen molar-refractivity contribution in [2.75, 3.05) is 0 Å². The van der Waals surface area contributed by atoms with Crippen molar-refractivity contribution in [2.45, 2.75) is 45.0 Å². The SMILES string of the molecule is CC(C)(C)[Si](C)(C)c1ncc(C(O)c2cccs2)[nH]1. The summed E-state index contributed by atoms with van der Waals surface area (Å²) in [6.45, 7) is 11.4. The van der Waals surface area contributed by atoms with E-state index in [1.807, 2.05) is 17.5 Å². The topological polar surface area (TPSA) is 48.9 Å². The summed E-state index contributed by atoms with van der Waals surface area (Å²) in [7, 11) is -1.67. The minimum atomic E-state index is -1.67. The van der Waals surface area contributed by atoms with Crippen LogP contribution in [-0.4, -0.2) is 23.1 Å². The average Bonchev–Trinajstić information content (AvgIpc) is 2.98. The smallest absolute Gasteiger partial charge is 0.131 e. The molecule has 0 bridgehead atoms. The van der Waals surface area contributed by atoms with Crippen molar-refractivity contribution in [1.82, 2.24) is 9.97 Å². The molecule has 0 aromatic carbocycles. The molecule has 104 valence electrons. The minimum absolute atomic E-state index is 0.232. The van der Waals surface area contributed by atoms with Gasteiger partial charge in [-0.3, -0.25) is 0 Å². The number of aromatic amines is 1. The van der Waals surface area contributed by atoms with E-state index < -0.39 is 14.2 Å². The highest BCUT2D eigenvalue weighted by Crippen LogP contribution is 2.35. The Kier molecular flexibility index (Phi) is 3.73. The standard InChI is InChI=1S/C14H22N2OSSi/c1-14(2,3)19(4,5)13-15-9-10(16-13)12(17)11-7-6-8-18-11/h6-9,12,17H,1-5H3,(H,15,16). The number of imidazole rings is 1. The molecular formula is C14H22N2OSSi. The lowest BCUT2D eigenvalue weighted by molar-refractivity contribution is 0.220. The summed E-state index contributed by atoms with van der Waals surface area (Å²) in [6, 6.07) is 3.90. The Morgan fingerprint density at radius 3 is 2.58 bits per heavy atom. The van der Waals surface area contributed by atoms with Gasteiger partial charge in [-0.25, -0.2) is 4.98 Å². The Labute approximate surface area is 119 Å². The molecule has 0 saturated heterocycles. The molecule has 0 aliphatic rings. The zero-order valence-electron chi connectivity index (χ0n) is 12.2. The number of aliphatic hydroxyl groups excluding tert-OH is 1. The van der Waals surface area contributed by atoms with Crippen molar-refractivity contribution in [2.24, 2.45) is 0 Å². The predicted molar refractivity (Wildman–Crippen MR) is 83.8 cm³/mol. The van der Waals surface area contributed by atoms with Crippen molar-refractivity contribution in [1.29, 1.82) is 0 Å². The number of nitrogens with one attached hydrogen (secondary N) is 1. The van der Waals surface area contributed by atoms with Gasteiger partial charge < -0.3 is 10.1 Å². The van der Waals surface area contributed by atoms with E-state index in [2.05, 4.69) is 43.8 Å². The normalized spacial score (nSPS) is 14.6. The van der Waals surface area contributed by atoms with Crippen LogP contribution in [0.25, 0.3) is 0 Å². The molecular weight excluding hydrogens is 272 g/mol. The molecule has 3 nitrogen and oxygen atoms in total. The molecule has 0 aliphatic carbocycles. The fourth-order valence-corrected chi connectivity index (χ4v) is 4.03. The van der Waals surface area contributed by atoms with Crippen LogP contribution >= 0.6 is 11.3 Å². The molecule has 2 aromatic heterocycles. The van der Waals surface area contributed by atoms with Crippen LogP contribution in [0.2, 0.25) is 18.1 Å². The fraction of sp³-hybridized carbons (Fsp3) is 0.500. The van der Waals surface area contributed by atoms with Crippen LogP contribution in [0.4, 0.5) is 0 Å². The molecule has 0 spiro atoms. The number of H-pyrrole nitrogens is 1. The number of hydrogen-bond donors (Lipinski definition) is 2. The number of nitrogens with zero attached hydrogens (tertiary/aromatic N) is 1. The maximum absolute atomic E-state index is 10.3. The summed E-state index contributed by atoms with van der Waals surface area (Å²) in [5, 5.41) is 12.5. The minimum Gasteiger partial charge on any atom is -0.381 e. The van der Waals surface area contributed by atoms with Crippen molar-refractivity contribution >= 4 is 24.9 Å². The van der Waals surface area contributed by atoms with Gasteiger partial charge in [0.25, 0.3) is 0 Å². The van der Waals surface area contributed by atoms with Crippen molar-refractivity contribution in [3.63, 3.8) is 0 Å². The first-order valence-corrected chi connectivity index (χ1v) is 10.4. The van der Waals surface area contributed by atoms with Crippen LogP contribution in [0.3, 0.4) is 0 Å². The second-order valence-electron chi connectivity index (χ2n) is 6.48. The average molecular weight is 294 g/mol. The van der Waals surface area contributed by atoms with Crippen LogP contribution in [0, 0.1) is 0 Å². The van der Waals surface area contributed by atoms with Crippen LogP contribution in [0.5, 0.6) is 0 Å². The summed E-state index contributed by atoms with van der Waals surface area (Å²) in [4.78, 5) is 8.84. The summed E-state index contributed by atoms with van der Waals surface area (Å²) in [6.07, 6.45) is 1.19. The first-order chi connectivity index (χ1) is 8.73. The van der Waals surface area contributed by atoms with Crippen molar-refractivity contribution in [3.8, 4) is 0 Å². The molecule has 0 aliphatic heterocycles. The number of aliphatic hydroxyl groups is 1. The van der Waals surface area contributed by atoms with Gasteiger partial charge in [-0.1, -0.05) is 39.9 Å². The molecule has 1 unspecified atom stereocenters. The maximum Gasteiger partial charge on any atom is 0.131 e. The molecule has 19 heavy (non-hydrogen) atoms. The molecule has 2 N–H and O–H groups in total. The number of aromatic nitrogens is 2. The Morgan fingerprint density at radius 1 is 1.37 bits per heavy atom. The van der Waals surface area contributed by atoms with E-state index in [1.165, 1.54) is 0 Å². The first kappa shape index (κ1) is 14.5. The predicted octanol–water partition coefficient (Wildman–Crippen LogP) is 3.27. The monoisotopic (exact) mass is 294 g/mol. The largest absolute Gasteiger partial charge is 0.381 e. The lowest BCUT2D eigenvalue weighted by Crippen LogP contribution is -2.51. The molecule has 0 radical (unpaired) electrons. The van der Waals surface area contributed by atoms with E-state index in [-0.39, 0.29) is 5.04 Å². The van der Waals surface area contributed by atoms with E-state index in [1.54, 1.807) is 17.5 Å². The lowest BCUT2D eigenvalue weighted by atomic mass is 10.2. The quantitative estimate of drug-likeness (QED) is 0.854. The molecule has 0 fully saturated rings. The highest BCUT2D eigenvalue weighted by molar-refractivity contribution is 7.10. The zero-order valence-corrected chi connectivity index (χ0v) is 14.0. The summed E-state index contributed by atoms with van der Waals surface area (Å²) in [5.74, 6) is 0. The fourth-order valence-electron chi connectivity index (χ4n) is 1.75. The molecule has 2 rings (SSSR count). The van der Waals surface area contributed by atoms with Crippen LogP contribution in [-0.2, 0) is 0 Å². The number of hydrogen-bond acceptors (Lipinski definition) is 3. The lowest BCUT2D eigenvalue weighted by Gasteiger charge is -2.34. The van der Waals surface area contributed by atoms with Gasteiger partial charge in [0.15, 0.2) is 0 Å². The first-order valence-electron chi connectivity index (χ1n) is 6.50. The third kappa shape index (κ3) is 2.68. The molecule has 0 amide bonds. The Bertz CT molecular complexity index is 540. The molecule has 2 heterocycles. The van der Waals surface area contributed by atoms with E-state index in [0.29, 0.717) is 0 Å². The second-order valence-corrected chi connectivity index (χ2v) is 12.7. The third-order valence-electron chi connectivity index (χ3n) is 4.17. The summed E-state index contributed by atoms with van der Waals surface area (Å²) < 4.78 is 0. The van der Waals surface area contributed by atoms with E-state index >= 15 is 0 Å². The van der Waals surface area contributed by atoms with E-state index in [9.17, 15) is 5.11 Å². The van der Waals surface area contributed by atoms with Gasteiger partial charge in [0, 0.05) is 4.88 Å². The van der Waals surface area contributed by atoms with Crippen molar-refractivity contribution in [3.05, 3.63) is 34.3 Å². The maximum atomic E-state index is 10.3. The van der Waals surface area contributed by atoms with Gasteiger partial charge in [0.2, 0.25) is 0 Å². The highest BCUT2D eigenvalue weighted by Gasteiger charge is 2.39. The van der Waals surface area contributed by atoms with Gasteiger partial charge in [-0.05, 0) is 16.5 Å². The Balaban J connectivity index is 2.30. The molecule has 5 heteroatoms. The molecule has 0 saturated carbocycles. The van der Waals surface area contributed by atoms with Gasteiger partial charge in [-0.2, -0.15) is 0 Å².